The monoisotopic (exact) mass is 260 g/mol. The summed E-state index contributed by atoms with van der Waals surface area (Å²) in [5.74, 6) is 0. The number of rotatable bonds is 2. The molecule has 1 N–H and O–H groups in total. The molecule has 0 aliphatic heterocycles. The maximum absolute atomic E-state index is 4.33. The summed E-state index contributed by atoms with van der Waals surface area (Å²) in [6.07, 6.45) is 5.34. The molecule has 0 bridgehead atoms. The fourth-order valence-corrected chi connectivity index (χ4v) is 3.62. The molecule has 1 aliphatic rings. The van der Waals surface area contributed by atoms with Crippen LogP contribution in [0.15, 0.2) is 23.7 Å². The summed E-state index contributed by atoms with van der Waals surface area (Å²) in [4.78, 5) is 4.33. The van der Waals surface area contributed by atoms with Gasteiger partial charge in [-0.25, -0.2) is 4.98 Å². The highest BCUT2D eigenvalue weighted by Gasteiger charge is 2.31. The fourth-order valence-electron chi connectivity index (χ4n) is 2.91. The number of fused-ring (bicyclic) bond motifs is 1. The van der Waals surface area contributed by atoms with Crippen molar-refractivity contribution in [1.29, 1.82) is 0 Å². The molecule has 1 unspecified atom stereocenters. The molecule has 0 spiro atoms. The van der Waals surface area contributed by atoms with E-state index in [4.69, 9.17) is 0 Å². The Morgan fingerprint density at radius 1 is 1.33 bits per heavy atom. The van der Waals surface area contributed by atoms with Crippen LogP contribution in [0.2, 0.25) is 0 Å². The largest absolute Gasteiger partial charge is 0.382 e. The molecule has 1 aromatic carbocycles. The first-order valence-electron chi connectivity index (χ1n) is 6.75. The maximum atomic E-state index is 4.33. The van der Waals surface area contributed by atoms with E-state index in [0.29, 0.717) is 11.5 Å². The van der Waals surface area contributed by atoms with Gasteiger partial charge in [0, 0.05) is 11.7 Å². The Balaban J connectivity index is 1.82. The molecule has 0 radical (unpaired) electrons. The average Bonchev–Trinajstić information content (AvgIpc) is 2.79. The van der Waals surface area contributed by atoms with Crippen LogP contribution in [0.5, 0.6) is 0 Å². The van der Waals surface area contributed by atoms with E-state index < -0.39 is 0 Å². The number of hydrogen-bond donors (Lipinski definition) is 1. The van der Waals surface area contributed by atoms with Crippen molar-refractivity contribution in [3.63, 3.8) is 0 Å². The average molecular weight is 260 g/mol. The standard InChI is InChI=1S/C15H20N2S/c1-15(2)8-4-3-5-14(15)17-11-6-7-12-13(9-11)18-10-16-12/h6-7,9-10,14,17H,3-5,8H2,1-2H3. The Kier molecular flexibility index (Phi) is 3.02. The second-order valence-corrected chi connectivity index (χ2v) is 6.85. The van der Waals surface area contributed by atoms with Gasteiger partial charge in [-0.15, -0.1) is 11.3 Å². The Bertz CT molecular complexity index is 544. The normalized spacial score (nSPS) is 23.1. The lowest BCUT2D eigenvalue weighted by Crippen LogP contribution is -2.38. The lowest BCUT2D eigenvalue weighted by molar-refractivity contribution is 0.217. The van der Waals surface area contributed by atoms with Gasteiger partial charge in [-0.3, -0.25) is 0 Å². The highest BCUT2D eigenvalue weighted by Crippen LogP contribution is 2.37. The summed E-state index contributed by atoms with van der Waals surface area (Å²) >= 11 is 1.71. The molecule has 1 aliphatic carbocycles. The Hall–Kier alpha value is -1.09. The molecule has 1 aromatic heterocycles. The molecule has 3 rings (SSSR count). The van der Waals surface area contributed by atoms with Crippen LogP contribution in [0, 0.1) is 5.41 Å². The summed E-state index contributed by atoms with van der Waals surface area (Å²) in [5, 5.41) is 3.73. The van der Waals surface area contributed by atoms with Crippen LogP contribution in [0.3, 0.4) is 0 Å². The van der Waals surface area contributed by atoms with Gasteiger partial charge < -0.3 is 5.32 Å². The van der Waals surface area contributed by atoms with Gasteiger partial charge >= 0.3 is 0 Å². The first-order valence-corrected chi connectivity index (χ1v) is 7.63. The van der Waals surface area contributed by atoms with Gasteiger partial charge in [0.25, 0.3) is 0 Å². The van der Waals surface area contributed by atoms with Crippen molar-refractivity contribution < 1.29 is 0 Å². The van der Waals surface area contributed by atoms with Crippen molar-refractivity contribution in [2.24, 2.45) is 5.41 Å². The second-order valence-electron chi connectivity index (χ2n) is 5.97. The molecule has 0 amide bonds. The van der Waals surface area contributed by atoms with E-state index in [0.717, 1.165) is 5.52 Å². The lowest BCUT2D eigenvalue weighted by Gasteiger charge is -2.39. The predicted molar refractivity (Wildman–Crippen MR) is 79.3 cm³/mol. The number of thiazole rings is 1. The zero-order chi connectivity index (χ0) is 12.6. The van der Waals surface area contributed by atoms with E-state index in [1.165, 1.54) is 36.1 Å². The van der Waals surface area contributed by atoms with Gasteiger partial charge in [0.1, 0.15) is 0 Å². The molecule has 1 heterocycles. The van der Waals surface area contributed by atoms with Crippen LogP contribution < -0.4 is 5.32 Å². The van der Waals surface area contributed by atoms with E-state index in [2.05, 4.69) is 42.3 Å². The van der Waals surface area contributed by atoms with Gasteiger partial charge in [-0.05, 0) is 36.5 Å². The zero-order valence-electron chi connectivity index (χ0n) is 11.1. The summed E-state index contributed by atoms with van der Waals surface area (Å²) in [5.41, 5.74) is 4.67. The number of anilines is 1. The summed E-state index contributed by atoms with van der Waals surface area (Å²) in [6.45, 7) is 4.77. The van der Waals surface area contributed by atoms with Crippen molar-refractivity contribution in [3.05, 3.63) is 23.7 Å². The third-order valence-corrected chi connectivity index (χ3v) is 4.97. The van der Waals surface area contributed by atoms with Crippen molar-refractivity contribution in [2.75, 3.05) is 5.32 Å². The highest BCUT2D eigenvalue weighted by atomic mass is 32.1. The molecular weight excluding hydrogens is 240 g/mol. The van der Waals surface area contributed by atoms with Crippen LogP contribution in [0.4, 0.5) is 5.69 Å². The number of aromatic nitrogens is 1. The molecule has 0 saturated heterocycles. The van der Waals surface area contributed by atoms with Gasteiger partial charge in [-0.2, -0.15) is 0 Å². The smallest absolute Gasteiger partial charge is 0.0813 e. The first kappa shape index (κ1) is 12.0. The van der Waals surface area contributed by atoms with Crippen molar-refractivity contribution >= 4 is 27.2 Å². The Labute approximate surface area is 112 Å². The van der Waals surface area contributed by atoms with Gasteiger partial charge in [0.2, 0.25) is 0 Å². The van der Waals surface area contributed by atoms with Crippen LogP contribution in [0.25, 0.3) is 10.2 Å². The van der Waals surface area contributed by atoms with Crippen LogP contribution in [0.1, 0.15) is 39.5 Å². The quantitative estimate of drug-likeness (QED) is 0.848. The molecule has 3 heteroatoms. The third-order valence-electron chi connectivity index (χ3n) is 4.18. The summed E-state index contributed by atoms with van der Waals surface area (Å²) in [6, 6.07) is 7.10. The summed E-state index contributed by atoms with van der Waals surface area (Å²) in [7, 11) is 0. The lowest BCUT2D eigenvalue weighted by atomic mass is 9.73. The Morgan fingerprint density at radius 2 is 2.22 bits per heavy atom. The number of hydrogen-bond acceptors (Lipinski definition) is 3. The van der Waals surface area contributed by atoms with Gasteiger partial charge in [0.05, 0.1) is 15.7 Å². The highest BCUT2D eigenvalue weighted by molar-refractivity contribution is 7.16. The maximum Gasteiger partial charge on any atom is 0.0813 e. The minimum atomic E-state index is 0.404. The first-order chi connectivity index (χ1) is 8.65. The van der Waals surface area contributed by atoms with Crippen LogP contribution in [-0.4, -0.2) is 11.0 Å². The topological polar surface area (TPSA) is 24.9 Å². The number of nitrogens with zero attached hydrogens (tertiary/aromatic N) is 1. The van der Waals surface area contributed by atoms with Gasteiger partial charge in [-0.1, -0.05) is 26.7 Å². The molecule has 1 atom stereocenters. The molecule has 1 fully saturated rings. The van der Waals surface area contributed by atoms with Crippen molar-refractivity contribution in [1.82, 2.24) is 4.98 Å². The van der Waals surface area contributed by atoms with Crippen LogP contribution >= 0.6 is 11.3 Å². The third kappa shape index (κ3) is 2.24. The fraction of sp³-hybridized carbons (Fsp3) is 0.533. The van der Waals surface area contributed by atoms with E-state index in [1.807, 2.05) is 5.51 Å². The summed E-state index contributed by atoms with van der Waals surface area (Å²) < 4.78 is 1.27. The molecule has 2 aromatic rings. The van der Waals surface area contributed by atoms with E-state index >= 15 is 0 Å². The predicted octanol–water partition coefficient (Wildman–Crippen LogP) is 4.68. The van der Waals surface area contributed by atoms with Crippen molar-refractivity contribution in [2.45, 2.75) is 45.6 Å². The molecule has 2 nitrogen and oxygen atoms in total. The number of nitrogens with one attached hydrogen (secondary N) is 1. The number of benzene rings is 1. The van der Waals surface area contributed by atoms with Crippen LogP contribution in [-0.2, 0) is 0 Å². The minimum absolute atomic E-state index is 0.404. The van der Waals surface area contributed by atoms with E-state index in [-0.39, 0.29) is 0 Å². The van der Waals surface area contributed by atoms with Crippen molar-refractivity contribution in [3.8, 4) is 0 Å². The van der Waals surface area contributed by atoms with E-state index in [9.17, 15) is 0 Å². The molecular formula is C15H20N2S. The minimum Gasteiger partial charge on any atom is -0.382 e. The zero-order valence-corrected chi connectivity index (χ0v) is 11.9. The SMILES string of the molecule is CC1(C)CCCCC1Nc1ccc2ncsc2c1. The van der Waals surface area contributed by atoms with Gasteiger partial charge in [0.15, 0.2) is 0 Å². The molecule has 18 heavy (non-hydrogen) atoms. The second kappa shape index (κ2) is 4.54. The Morgan fingerprint density at radius 3 is 3.06 bits per heavy atom. The van der Waals surface area contributed by atoms with E-state index in [1.54, 1.807) is 11.3 Å². The molecule has 96 valence electrons. The molecule has 1 saturated carbocycles.